The molecule has 4 fully saturated rings. The summed E-state index contributed by atoms with van der Waals surface area (Å²) in [6.07, 6.45) is 4.81. The molecule has 5 aliphatic rings. The Morgan fingerprint density at radius 1 is 1.28 bits per heavy atom. The summed E-state index contributed by atoms with van der Waals surface area (Å²) in [6.45, 7) is 7.33. The highest BCUT2D eigenvalue weighted by atomic mass is 35.5. The summed E-state index contributed by atoms with van der Waals surface area (Å²) in [5.41, 5.74) is -4.43. The van der Waals surface area contributed by atoms with Gasteiger partial charge in [0.05, 0.1) is 17.6 Å². The van der Waals surface area contributed by atoms with Crippen LogP contribution in [0.1, 0.15) is 47.0 Å². The molecule has 0 aromatic rings. The minimum absolute atomic E-state index is 0.0646. The SMILES string of the molecule is CC1(C)O[C@@H]2C[C@H]3[C@@H]4C[C@H](Cl)C5=CC(=O)C=C[C@]5(C)[C@H]4[C@@H](O)C[C@]3(C)[C@]2(C(=O)C(F)Cl)O1. The number of halogens is 3. The molecule has 3 saturated carbocycles. The van der Waals surface area contributed by atoms with Gasteiger partial charge in [-0.15, -0.1) is 11.6 Å². The Hall–Kier alpha value is -0.790. The Kier molecular flexibility index (Phi) is 4.94. The molecule has 10 atom stereocenters. The van der Waals surface area contributed by atoms with Crippen molar-refractivity contribution in [2.24, 2.45) is 28.6 Å². The lowest BCUT2D eigenvalue weighted by molar-refractivity contribution is -0.225. The topological polar surface area (TPSA) is 72.8 Å². The predicted octanol–water partition coefficient (Wildman–Crippen LogP) is 4.09. The number of Topliss-reactive ketones (excluding diaryl/α,β-unsaturated/α-hetero) is 1. The minimum Gasteiger partial charge on any atom is -0.393 e. The van der Waals surface area contributed by atoms with Crippen LogP contribution in [0, 0.1) is 28.6 Å². The Morgan fingerprint density at radius 3 is 2.62 bits per heavy atom. The maximum atomic E-state index is 14.3. The Bertz CT molecular complexity index is 947. The van der Waals surface area contributed by atoms with Crippen molar-refractivity contribution in [2.45, 2.75) is 81.6 Å². The maximum absolute atomic E-state index is 14.3. The van der Waals surface area contributed by atoms with Gasteiger partial charge in [-0.2, -0.15) is 0 Å². The molecule has 5 nitrogen and oxygen atoms in total. The lowest BCUT2D eigenvalue weighted by Crippen LogP contribution is -2.65. The van der Waals surface area contributed by atoms with Crippen molar-refractivity contribution in [2.75, 3.05) is 0 Å². The summed E-state index contributed by atoms with van der Waals surface area (Å²) < 4.78 is 26.7. The molecule has 0 radical (unpaired) electrons. The maximum Gasteiger partial charge on any atom is 0.234 e. The van der Waals surface area contributed by atoms with Gasteiger partial charge in [-0.1, -0.05) is 31.5 Å². The fourth-order valence-electron chi connectivity index (χ4n) is 8.03. The minimum atomic E-state index is -2.23. The van der Waals surface area contributed by atoms with Crippen molar-refractivity contribution >= 4 is 34.8 Å². The van der Waals surface area contributed by atoms with Gasteiger partial charge in [0.1, 0.15) is 0 Å². The van der Waals surface area contributed by atoms with E-state index in [0.717, 1.165) is 5.57 Å². The average Bonchev–Trinajstić information content (AvgIpc) is 3.08. The molecule has 0 spiro atoms. The van der Waals surface area contributed by atoms with Crippen molar-refractivity contribution in [3.05, 3.63) is 23.8 Å². The molecule has 8 heteroatoms. The summed E-state index contributed by atoms with van der Waals surface area (Å²) in [5.74, 6) is -2.36. The average molecular weight is 487 g/mol. The van der Waals surface area contributed by atoms with Crippen molar-refractivity contribution < 1.29 is 28.6 Å². The van der Waals surface area contributed by atoms with E-state index >= 15 is 0 Å². The second kappa shape index (κ2) is 6.88. The Morgan fingerprint density at radius 2 is 1.97 bits per heavy atom. The molecule has 176 valence electrons. The molecule has 4 aliphatic carbocycles. The third kappa shape index (κ3) is 2.73. The zero-order valence-corrected chi connectivity index (χ0v) is 20.1. The van der Waals surface area contributed by atoms with Gasteiger partial charge in [0.2, 0.25) is 11.4 Å². The number of aliphatic hydroxyl groups excluding tert-OH is 1. The number of ether oxygens (including phenoxy) is 2. The summed E-state index contributed by atoms with van der Waals surface area (Å²) in [4.78, 5) is 25.3. The van der Waals surface area contributed by atoms with Gasteiger partial charge in [-0.25, -0.2) is 4.39 Å². The first-order valence-electron chi connectivity index (χ1n) is 11.2. The molecule has 5 rings (SSSR count). The second-order valence-electron chi connectivity index (χ2n) is 11.1. The van der Waals surface area contributed by atoms with Crippen LogP contribution in [0.2, 0.25) is 0 Å². The van der Waals surface area contributed by atoms with Crippen LogP contribution in [0.25, 0.3) is 0 Å². The van der Waals surface area contributed by atoms with Crippen LogP contribution in [0.15, 0.2) is 23.8 Å². The fourth-order valence-corrected chi connectivity index (χ4v) is 8.69. The summed E-state index contributed by atoms with van der Waals surface area (Å²) in [5, 5.41) is 11.2. The van der Waals surface area contributed by atoms with E-state index in [4.69, 9.17) is 32.7 Å². The van der Waals surface area contributed by atoms with E-state index in [0.29, 0.717) is 12.8 Å². The molecule has 1 unspecified atom stereocenters. The van der Waals surface area contributed by atoms with Crippen molar-refractivity contribution in [3.8, 4) is 0 Å². The second-order valence-corrected chi connectivity index (χ2v) is 12.0. The highest BCUT2D eigenvalue weighted by molar-refractivity contribution is 6.31. The molecule has 0 amide bonds. The zero-order valence-electron chi connectivity index (χ0n) is 18.6. The predicted molar refractivity (Wildman–Crippen MR) is 117 cm³/mol. The normalized spacial score (nSPS) is 51.9. The number of ketones is 2. The molecule has 0 bridgehead atoms. The first-order chi connectivity index (χ1) is 14.8. The van der Waals surface area contributed by atoms with Gasteiger partial charge in [0, 0.05) is 16.7 Å². The van der Waals surface area contributed by atoms with E-state index in [1.165, 1.54) is 0 Å². The van der Waals surface area contributed by atoms with Crippen LogP contribution >= 0.6 is 23.2 Å². The number of allylic oxidation sites excluding steroid dienone is 4. The molecule has 0 aromatic carbocycles. The van der Waals surface area contributed by atoms with Crippen LogP contribution in [-0.2, 0) is 19.1 Å². The van der Waals surface area contributed by atoms with Crippen molar-refractivity contribution in [3.63, 3.8) is 0 Å². The van der Waals surface area contributed by atoms with Crippen LogP contribution in [0.4, 0.5) is 4.39 Å². The van der Waals surface area contributed by atoms with Gasteiger partial charge in [0.15, 0.2) is 17.2 Å². The summed E-state index contributed by atoms with van der Waals surface area (Å²) in [7, 11) is 0. The monoisotopic (exact) mass is 486 g/mol. The van der Waals surface area contributed by atoms with Crippen LogP contribution in [0.5, 0.6) is 0 Å². The van der Waals surface area contributed by atoms with E-state index in [1.807, 2.05) is 19.9 Å². The number of hydrogen-bond acceptors (Lipinski definition) is 5. The molecule has 1 heterocycles. The molecule has 32 heavy (non-hydrogen) atoms. The lowest BCUT2D eigenvalue weighted by atomic mass is 9.46. The van der Waals surface area contributed by atoms with Gasteiger partial charge >= 0.3 is 0 Å². The summed E-state index contributed by atoms with van der Waals surface area (Å²) >= 11 is 12.5. The van der Waals surface area contributed by atoms with Crippen LogP contribution in [-0.4, -0.2) is 51.3 Å². The first-order valence-corrected chi connectivity index (χ1v) is 12.1. The number of hydrogen-bond donors (Lipinski definition) is 1. The van der Waals surface area contributed by atoms with Crippen LogP contribution < -0.4 is 0 Å². The number of carbonyl (C=O) groups excluding carboxylic acids is 2. The van der Waals surface area contributed by atoms with E-state index < -0.39 is 45.8 Å². The number of alkyl halides is 3. The molecule has 1 aliphatic heterocycles. The largest absolute Gasteiger partial charge is 0.393 e. The molecule has 1 saturated heterocycles. The highest BCUT2D eigenvalue weighted by Gasteiger charge is 2.77. The van der Waals surface area contributed by atoms with Gasteiger partial charge < -0.3 is 14.6 Å². The van der Waals surface area contributed by atoms with Gasteiger partial charge in [0.25, 0.3) is 0 Å². The number of aliphatic hydroxyl groups is 1. The molecular weight excluding hydrogens is 458 g/mol. The number of rotatable bonds is 2. The third-order valence-corrected chi connectivity index (χ3v) is 9.65. The van der Waals surface area contributed by atoms with Crippen molar-refractivity contribution in [1.29, 1.82) is 0 Å². The van der Waals surface area contributed by atoms with Gasteiger partial charge in [-0.05, 0) is 62.7 Å². The van der Waals surface area contributed by atoms with Gasteiger partial charge in [-0.3, -0.25) is 9.59 Å². The first kappa shape index (κ1) is 23.0. The Labute approximate surface area is 197 Å². The highest BCUT2D eigenvalue weighted by Crippen LogP contribution is 2.70. The molecular formula is C24H29Cl2FO5. The van der Waals surface area contributed by atoms with Crippen molar-refractivity contribution in [1.82, 2.24) is 0 Å². The fraction of sp³-hybridized carbons (Fsp3) is 0.750. The van der Waals surface area contributed by atoms with Crippen LogP contribution in [0.3, 0.4) is 0 Å². The zero-order chi connectivity index (χ0) is 23.4. The van der Waals surface area contributed by atoms with E-state index in [1.54, 1.807) is 26.0 Å². The van der Waals surface area contributed by atoms with E-state index in [-0.39, 0.29) is 35.3 Å². The lowest BCUT2D eigenvalue weighted by Gasteiger charge is -2.60. The van der Waals surface area contributed by atoms with E-state index in [9.17, 15) is 19.1 Å². The molecule has 0 aromatic heterocycles. The Balaban J connectivity index is 1.62. The standard InChI is InChI=1S/C24H29Cl2FO5/c1-21(2)31-17-9-13-12-8-15(25)14-7-11(28)5-6-22(14,3)18(12)16(29)10-23(13,4)24(17,32-21)19(30)20(26)27/h5-7,12-13,15-18,20,29H,8-10H2,1-4H3/t12-,13-,15-,16-,17+,18+,20?,22-,23-,24-/m0/s1. The quantitative estimate of drug-likeness (QED) is 0.595. The smallest absolute Gasteiger partial charge is 0.234 e. The molecule has 1 N–H and O–H groups in total. The van der Waals surface area contributed by atoms with E-state index in [2.05, 4.69) is 0 Å². The number of carbonyl (C=O) groups is 2. The third-order valence-electron chi connectivity index (χ3n) is 9.03. The number of fused-ring (bicyclic) bond motifs is 7. The summed E-state index contributed by atoms with van der Waals surface area (Å²) in [6, 6.07) is 0.